The quantitative estimate of drug-likeness (QED) is 0.613. The van der Waals surface area contributed by atoms with E-state index >= 15 is 0 Å². The molecule has 0 rings (SSSR count). The second-order valence-corrected chi connectivity index (χ2v) is 3.35. The van der Waals surface area contributed by atoms with Crippen molar-refractivity contribution < 1.29 is 4.79 Å². The predicted octanol–water partition coefficient (Wildman–Crippen LogP) is 0.748. The summed E-state index contributed by atoms with van der Waals surface area (Å²) in [7, 11) is 1.89. The van der Waals surface area contributed by atoms with E-state index in [1.165, 1.54) is 0 Å². The van der Waals surface area contributed by atoms with Crippen LogP contribution in [0, 0.1) is 11.3 Å². The Labute approximate surface area is 85.9 Å². The number of amides is 1. The summed E-state index contributed by atoms with van der Waals surface area (Å²) < 4.78 is 0. The molecule has 0 saturated carbocycles. The standard InChI is InChI=1S/C10H19N3O/c1-3-7-12-10(14)9-13(2)8-5-4-6-11/h3-5,7-9H2,1-2H3,(H,12,14). The van der Waals surface area contributed by atoms with Crippen molar-refractivity contribution >= 4 is 5.91 Å². The summed E-state index contributed by atoms with van der Waals surface area (Å²) in [5.41, 5.74) is 0. The largest absolute Gasteiger partial charge is 0.355 e. The van der Waals surface area contributed by atoms with Crippen LogP contribution in [0.5, 0.6) is 0 Å². The Kier molecular flexibility index (Phi) is 7.86. The Hall–Kier alpha value is -1.08. The molecule has 0 aromatic heterocycles. The van der Waals surface area contributed by atoms with E-state index in [1.807, 2.05) is 18.9 Å². The molecule has 0 aliphatic carbocycles. The van der Waals surface area contributed by atoms with E-state index in [0.29, 0.717) is 13.0 Å². The SMILES string of the molecule is CCCNC(=O)CN(C)CCCC#N. The molecular weight excluding hydrogens is 178 g/mol. The number of carbonyl (C=O) groups excluding carboxylic acids is 1. The first-order valence-electron chi connectivity index (χ1n) is 5.03. The van der Waals surface area contributed by atoms with Crippen LogP contribution in [0.2, 0.25) is 0 Å². The smallest absolute Gasteiger partial charge is 0.234 e. The Morgan fingerprint density at radius 2 is 2.29 bits per heavy atom. The van der Waals surface area contributed by atoms with Crippen LogP contribution >= 0.6 is 0 Å². The van der Waals surface area contributed by atoms with Gasteiger partial charge in [-0.25, -0.2) is 0 Å². The van der Waals surface area contributed by atoms with Gasteiger partial charge in [-0.05, 0) is 26.4 Å². The van der Waals surface area contributed by atoms with Crippen molar-refractivity contribution in [1.29, 1.82) is 5.26 Å². The molecule has 80 valence electrons. The molecule has 0 fully saturated rings. The van der Waals surface area contributed by atoms with Crippen molar-refractivity contribution in [3.63, 3.8) is 0 Å². The van der Waals surface area contributed by atoms with Gasteiger partial charge in [0.2, 0.25) is 5.91 Å². The highest BCUT2D eigenvalue weighted by atomic mass is 16.1. The van der Waals surface area contributed by atoms with Gasteiger partial charge in [0.15, 0.2) is 0 Å². The third-order valence-corrected chi connectivity index (χ3v) is 1.81. The lowest BCUT2D eigenvalue weighted by Crippen LogP contribution is -2.35. The van der Waals surface area contributed by atoms with E-state index in [0.717, 1.165) is 25.9 Å². The van der Waals surface area contributed by atoms with Gasteiger partial charge in [-0.15, -0.1) is 0 Å². The van der Waals surface area contributed by atoms with Gasteiger partial charge in [-0.1, -0.05) is 6.92 Å². The predicted molar refractivity (Wildman–Crippen MR) is 55.6 cm³/mol. The molecule has 0 bridgehead atoms. The van der Waals surface area contributed by atoms with Gasteiger partial charge in [-0.2, -0.15) is 5.26 Å². The highest BCUT2D eigenvalue weighted by Gasteiger charge is 2.04. The van der Waals surface area contributed by atoms with E-state index in [4.69, 9.17) is 5.26 Å². The molecular formula is C10H19N3O. The highest BCUT2D eigenvalue weighted by molar-refractivity contribution is 5.77. The van der Waals surface area contributed by atoms with E-state index < -0.39 is 0 Å². The number of hydrogen-bond acceptors (Lipinski definition) is 3. The van der Waals surface area contributed by atoms with E-state index in [-0.39, 0.29) is 5.91 Å². The molecule has 4 nitrogen and oxygen atoms in total. The summed E-state index contributed by atoms with van der Waals surface area (Å²) in [6.45, 7) is 3.99. The maximum absolute atomic E-state index is 11.2. The molecule has 4 heteroatoms. The number of unbranched alkanes of at least 4 members (excludes halogenated alkanes) is 1. The normalized spacial score (nSPS) is 9.86. The van der Waals surface area contributed by atoms with E-state index in [9.17, 15) is 4.79 Å². The second kappa shape index (κ2) is 8.52. The number of nitrogens with zero attached hydrogens (tertiary/aromatic N) is 2. The van der Waals surface area contributed by atoms with Gasteiger partial charge < -0.3 is 5.32 Å². The first kappa shape index (κ1) is 12.9. The summed E-state index contributed by atoms with van der Waals surface area (Å²) >= 11 is 0. The van der Waals surface area contributed by atoms with Crippen molar-refractivity contribution in [1.82, 2.24) is 10.2 Å². The number of nitrogens with one attached hydrogen (secondary N) is 1. The first-order chi connectivity index (χ1) is 6.70. The number of likely N-dealkylation sites (N-methyl/N-ethyl adjacent to an activating group) is 1. The molecule has 0 spiro atoms. The molecule has 0 aromatic rings. The van der Waals surface area contributed by atoms with Gasteiger partial charge in [-0.3, -0.25) is 9.69 Å². The van der Waals surface area contributed by atoms with Crippen LogP contribution in [0.4, 0.5) is 0 Å². The third kappa shape index (κ3) is 7.56. The van der Waals surface area contributed by atoms with Crippen LogP contribution in [0.1, 0.15) is 26.2 Å². The molecule has 0 aromatic carbocycles. The maximum Gasteiger partial charge on any atom is 0.234 e. The number of hydrogen-bond donors (Lipinski definition) is 1. The number of carbonyl (C=O) groups is 1. The molecule has 0 saturated heterocycles. The zero-order valence-electron chi connectivity index (χ0n) is 9.05. The lowest BCUT2D eigenvalue weighted by molar-refractivity contribution is -0.121. The minimum atomic E-state index is 0.0614. The molecule has 0 heterocycles. The van der Waals surface area contributed by atoms with Crippen LogP contribution in [0.15, 0.2) is 0 Å². The van der Waals surface area contributed by atoms with Crippen molar-refractivity contribution in [3.05, 3.63) is 0 Å². The summed E-state index contributed by atoms with van der Waals surface area (Å²) in [5, 5.41) is 11.1. The zero-order chi connectivity index (χ0) is 10.8. The first-order valence-corrected chi connectivity index (χ1v) is 5.03. The lowest BCUT2D eigenvalue weighted by Gasteiger charge is -2.14. The maximum atomic E-state index is 11.2. The minimum absolute atomic E-state index is 0.0614. The second-order valence-electron chi connectivity index (χ2n) is 3.35. The molecule has 14 heavy (non-hydrogen) atoms. The van der Waals surface area contributed by atoms with Gasteiger partial charge in [0, 0.05) is 13.0 Å². The Morgan fingerprint density at radius 3 is 2.86 bits per heavy atom. The zero-order valence-corrected chi connectivity index (χ0v) is 9.05. The number of rotatable bonds is 7. The van der Waals surface area contributed by atoms with Crippen molar-refractivity contribution in [2.75, 3.05) is 26.7 Å². The molecule has 0 unspecified atom stereocenters. The summed E-state index contributed by atoms with van der Waals surface area (Å²) in [5.74, 6) is 0.0614. The van der Waals surface area contributed by atoms with Crippen molar-refractivity contribution in [3.8, 4) is 6.07 Å². The van der Waals surface area contributed by atoms with Gasteiger partial charge in [0.05, 0.1) is 12.6 Å². The average molecular weight is 197 g/mol. The third-order valence-electron chi connectivity index (χ3n) is 1.81. The fourth-order valence-electron chi connectivity index (χ4n) is 1.07. The average Bonchev–Trinajstić information content (AvgIpc) is 2.15. The van der Waals surface area contributed by atoms with Crippen LogP contribution in [-0.4, -0.2) is 37.5 Å². The minimum Gasteiger partial charge on any atom is -0.355 e. The van der Waals surface area contributed by atoms with E-state index in [1.54, 1.807) is 0 Å². The van der Waals surface area contributed by atoms with Crippen LogP contribution in [0.25, 0.3) is 0 Å². The monoisotopic (exact) mass is 197 g/mol. The number of nitriles is 1. The molecule has 0 aliphatic heterocycles. The highest BCUT2D eigenvalue weighted by Crippen LogP contribution is 1.90. The summed E-state index contributed by atoms with van der Waals surface area (Å²) in [4.78, 5) is 13.2. The van der Waals surface area contributed by atoms with Crippen LogP contribution in [0.3, 0.4) is 0 Å². The molecule has 0 atom stereocenters. The molecule has 1 N–H and O–H groups in total. The van der Waals surface area contributed by atoms with Gasteiger partial charge >= 0.3 is 0 Å². The topological polar surface area (TPSA) is 56.1 Å². The van der Waals surface area contributed by atoms with Gasteiger partial charge in [0.1, 0.15) is 0 Å². The summed E-state index contributed by atoms with van der Waals surface area (Å²) in [6.07, 6.45) is 2.35. The molecule has 1 amide bonds. The Bertz CT molecular complexity index is 198. The molecule has 0 radical (unpaired) electrons. The fourth-order valence-corrected chi connectivity index (χ4v) is 1.07. The molecule has 0 aliphatic rings. The summed E-state index contributed by atoms with van der Waals surface area (Å²) in [6, 6.07) is 2.08. The van der Waals surface area contributed by atoms with E-state index in [2.05, 4.69) is 11.4 Å². The van der Waals surface area contributed by atoms with Crippen molar-refractivity contribution in [2.45, 2.75) is 26.2 Å². The van der Waals surface area contributed by atoms with Crippen LogP contribution < -0.4 is 5.32 Å². The Balaban J connectivity index is 3.46. The lowest BCUT2D eigenvalue weighted by atomic mass is 10.3. The van der Waals surface area contributed by atoms with Gasteiger partial charge in [0.25, 0.3) is 0 Å². The van der Waals surface area contributed by atoms with Crippen LogP contribution in [-0.2, 0) is 4.79 Å². The fraction of sp³-hybridized carbons (Fsp3) is 0.800. The van der Waals surface area contributed by atoms with Crippen molar-refractivity contribution in [2.24, 2.45) is 0 Å². The Morgan fingerprint density at radius 1 is 1.57 bits per heavy atom.